The number of hydrogen-bond acceptors (Lipinski definition) is 6. The second-order valence-electron chi connectivity index (χ2n) is 9.37. The summed E-state index contributed by atoms with van der Waals surface area (Å²) >= 11 is 0. The van der Waals surface area contributed by atoms with E-state index in [4.69, 9.17) is 4.74 Å². The third kappa shape index (κ3) is 4.28. The normalized spacial score (nSPS) is 28.5. The van der Waals surface area contributed by atoms with Crippen LogP contribution in [-0.4, -0.2) is 72.5 Å². The van der Waals surface area contributed by atoms with E-state index >= 15 is 0 Å². The number of nitrogens with zero attached hydrogens (tertiary/aromatic N) is 2. The Morgan fingerprint density at radius 2 is 1.97 bits per heavy atom. The Balaban J connectivity index is 1.30. The fourth-order valence-corrected chi connectivity index (χ4v) is 7.53. The summed E-state index contributed by atoms with van der Waals surface area (Å²) in [4.78, 5) is 13.5. The lowest BCUT2D eigenvalue weighted by Gasteiger charge is -2.40. The molecule has 0 bridgehead atoms. The Labute approximate surface area is 196 Å². The summed E-state index contributed by atoms with van der Waals surface area (Å²) in [6.45, 7) is 1.55. The molecule has 1 saturated carbocycles. The minimum Gasteiger partial charge on any atom is -0.465 e. The summed E-state index contributed by atoms with van der Waals surface area (Å²) in [6, 6.07) is 2.02. The van der Waals surface area contributed by atoms with Crippen LogP contribution in [0.4, 0.5) is 13.6 Å². The zero-order chi connectivity index (χ0) is 24.0. The van der Waals surface area contributed by atoms with Crippen molar-refractivity contribution in [3.8, 4) is 0 Å². The van der Waals surface area contributed by atoms with E-state index in [1.807, 2.05) is 0 Å². The molecule has 3 atom stereocenters. The summed E-state index contributed by atoms with van der Waals surface area (Å²) in [5.41, 5.74) is 4.71. The van der Waals surface area contributed by atoms with E-state index in [-0.39, 0.29) is 23.5 Å². The van der Waals surface area contributed by atoms with Gasteiger partial charge in [-0.3, -0.25) is 4.90 Å². The molecule has 0 radical (unpaired) electrons. The van der Waals surface area contributed by atoms with Gasteiger partial charge >= 0.3 is 6.09 Å². The molecule has 1 aliphatic carbocycles. The first-order valence-electron chi connectivity index (χ1n) is 11.5. The topological polar surface area (TPSA) is 111 Å². The molecule has 3 heterocycles. The van der Waals surface area contributed by atoms with Crippen molar-refractivity contribution in [1.82, 2.24) is 20.1 Å². The first kappa shape index (κ1) is 23.5. The van der Waals surface area contributed by atoms with Crippen LogP contribution in [0.5, 0.6) is 0 Å². The average molecular weight is 499 g/mol. The van der Waals surface area contributed by atoms with Crippen molar-refractivity contribution in [3.05, 3.63) is 46.7 Å². The standard InChI is InChI=1S/C22H28F2N4O5S/c23-14-5-6-18(24)17(7-14)21-19(26-22(29)30)8-15(12-33-21)27-10-13-9-25-28(20(13)11-27)34(31,32)16-3-1-2-4-16/h5-7,15-16,19,21,25-26H,1-4,8-12H2,(H,29,30)/t15-,19+,21-/m1/s1. The quantitative estimate of drug-likeness (QED) is 0.570. The molecule has 5 rings (SSSR count). The number of hydrazine groups is 1. The van der Waals surface area contributed by atoms with Crippen molar-refractivity contribution in [2.24, 2.45) is 0 Å². The largest absolute Gasteiger partial charge is 0.465 e. The van der Waals surface area contributed by atoms with Gasteiger partial charge in [-0.15, -0.1) is 0 Å². The van der Waals surface area contributed by atoms with E-state index in [9.17, 15) is 27.1 Å². The number of carbonyl (C=O) groups is 1. The van der Waals surface area contributed by atoms with Crippen molar-refractivity contribution >= 4 is 16.1 Å². The van der Waals surface area contributed by atoms with Crippen LogP contribution >= 0.6 is 0 Å². The first-order valence-corrected chi connectivity index (χ1v) is 13.0. The Morgan fingerprint density at radius 1 is 1.21 bits per heavy atom. The van der Waals surface area contributed by atoms with Gasteiger partial charge in [0.2, 0.25) is 0 Å². The van der Waals surface area contributed by atoms with Crippen LogP contribution in [0, 0.1) is 11.6 Å². The van der Waals surface area contributed by atoms with Crippen LogP contribution < -0.4 is 10.7 Å². The molecular weight excluding hydrogens is 470 g/mol. The molecule has 3 aliphatic heterocycles. The summed E-state index contributed by atoms with van der Waals surface area (Å²) in [6.07, 6.45) is 1.24. The molecule has 3 N–H and O–H groups in total. The first-order chi connectivity index (χ1) is 16.2. The number of ether oxygens (including phenoxy) is 1. The van der Waals surface area contributed by atoms with E-state index in [1.54, 1.807) is 0 Å². The lowest BCUT2D eigenvalue weighted by molar-refractivity contribution is -0.0544. The molecule has 1 aromatic rings. The van der Waals surface area contributed by atoms with Crippen molar-refractivity contribution in [2.45, 2.75) is 55.5 Å². The summed E-state index contributed by atoms with van der Waals surface area (Å²) in [7, 11) is -3.49. The number of nitrogens with one attached hydrogen (secondary N) is 2. The van der Waals surface area contributed by atoms with Gasteiger partial charge in [0.15, 0.2) is 0 Å². The second-order valence-corrected chi connectivity index (χ2v) is 11.4. The third-order valence-corrected chi connectivity index (χ3v) is 9.44. The van der Waals surface area contributed by atoms with Gasteiger partial charge in [-0.1, -0.05) is 12.8 Å². The molecule has 1 aromatic carbocycles. The highest BCUT2D eigenvalue weighted by Gasteiger charge is 2.45. The molecule has 1 amide bonds. The highest BCUT2D eigenvalue weighted by Crippen LogP contribution is 2.37. The number of halogens is 2. The van der Waals surface area contributed by atoms with Crippen LogP contribution in [0.15, 0.2) is 29.5 Å². The highest BCUT2D eigenvalue weighted by molar-refractivity contribution is 7.89. The molecule has 0 spiro atoms. The Hall–Kier alpha value is -2.28. The van der Waals surface area contributed by atoms with E-state index in [1.165, 1.54) is 4.41 Å². The number of benzene rings is 1. The number of sulfonamides is 1. The van der Waals surface area contributed by atoms with E-state index in [0.29, 0.717) is 38.9 Å². The van der Waals surface area contributed by atoms with Crippen LogP contribution in [0.3, 0.4) is 0 Å². The van der Waals surface area contributed by atoms with Gasteiger partial charge in [0.25, 0.3) is 10.0 Å². The molecular formula is C22H28F2N4O5S. The van der Waals surface area contributed by atoms with Crippen LogP contribution in [-0.2, 0) is 14.8 Å². The predicted molar refractivity (Wildman–Crippen MR) is 118 cm³/mol. The highest BCUT2D eigenvalue weighted by atomic mass is 32.2. The molecule has 4 aliphatic rings. The van der Waals surface area contributed by atoms with Crippen molar-refractivity contribution in [2.75, 3.05) is 26.2 Å². The van der Waals surface area contributed by atoms with Crippen molar-refractivity contribution in [1.29, 1.82) is 0 Å². The molecule has 9 nitrogen and oxygen atoms in total. The Morgan fingerprint density at radius 3 is 2.71 bits per heavy atom. The van der Waals surface area contributed by atoms with Gasteiger partial charge in [0, 0.05) is 31.2 Å². The molecule has 0 unspecified atom stereocenters. The van der Waals surface area contributed by atoms with Crippen LogP contribution in [0.25, 0.3) is 0 Å². The van der Waals surface area contributed by atoms with Crippen LogP contribution in [0.1, 0.15) is 43.8 Å². The van der Waals surface area contributed by atoms with Gasteiger partial charge in [-0.2, -0.15) is 0 Å². The van der Waals surface area contributed by atoms with E-state index < -0.39 is 39.9 Å². The zero-order valence-electron chi connectivity index (χ0n) is 18.5. The molecule has 2 fully saturated rings. The molecule has 1 saturated heterocycles. The summed E-state index contributed by atoms with van der Waals surface area (Å²) in [5, 5.41) is 11.4. The number of rotatable bonds is 5. The van der Waals surface area contributed by atoms with Gasteiger partial charge in [-0.05, 0) is 43.0 Å². The van der Waals surface area contributed by atoms with E-state index in [2.05, 4.69) is 15.6 Å². The van der Waals surface area contributed by atoms with Gasteiger partial charge in [-0.25, -0.2) is 31.8 Å². The maximum absolute atomic E-state index is 14.4. The summed E-state index contributed by atoms with van der Waals surface area (Å²) < 4.78 is 61.7. The van der Waals surface area contributed by atoms with Gasteiger partial charge in [0.1, 0.15) is 17.7 Å². The number of hydrogen-bond donors (Lipinski definition) is 3. The molecule has 34 heavy (non-hydrogen) atoms. The molecule has 12 heteroatoms. The third-order valence-electron chi connectivity index (χ3n) is 7.26. The molecule has 0 aromatic heterocycles. The maximum Gasteiger partial charge on any atom is 0.404 e. The van der Waals surface area contributed by atoms with Crippen molar-refractivity contribution in [3.63, 3.8) is 0 Å². The predicted octanol–water partition coefficient (Wildman–Crippen LogP) is 2.09. The Bertz CT molecular complexity index is 1110. The van der Waals surface area contributed by atoms with Gasteiger partial charge in [0.05, 0.1) is 23.6 Å². The fourth-order valence-electron chi connectivity index (χ4n) is 5.56. The number of carboxylic acid groups (broad SMARTS) is 1. The van der Waals surface area contributed by atoms with Crippen LogP contribution in [0.2, 0.25) is 0 Å². The minimum absolute atomic E-state index is 0.0303. The lowest BCUT2D eigenvalue weighted by Crippen LogP contribution is -2.53. The SMILES string of the molecule is O=C(O)N[C@H]1C[C@@H](N2CC3=C(C2)N(S(=O)(=O)C2CCCC2)NC3)CO[C@@H]1c1cc(F)ccc1F. The zero-order valence-corrected chi connectivity index (χ0v) is 19.4. The number of amides is 1. The smallest absolute Gasteiger partial charge is 0.404 e. The van der Waals surface area contributed by atoms with Crippen molar-refractivity contribution < 1.29 is 31.8 Å². The van der Waals surface area contributed by atoms with E-state index in [0.717, 1.165) is 42.3 Å². The fraction of sp³-hybridized carbons (Fsp3) is 0.591. The second kappa shape index (κ2) is 9.06. The average Bonchev–Trinajstić information content (AvgIpc) is 3.52. The van der Waals surface area contributed by atoms with Gasteiger partial charge < -0.3 is 15.2 Å². The molecule has 186 valence electrons. The Kier molecular flexibility index (Phi) is 6.25. The lowest BCUT2D eigenvalue weighted by atomic mass is 9.92. The monoisotopic (exact) mass is 498 g/mol. The maximum atomic E-state index is 14.4. The minimum atomic E-state index is -3.49. The summed E-state index contributed by atoms with van der Waals surface area (Å²) in [5.74, 6) is -1.30.